The number of rotatable bonds is 5. The van der Waals surface area contributed by atoms with Gasteiger partial charge in [0.15, 0.2) is 0 Å². The molecule has 7 nitrogen and oxygen atoms in total. The molecular formula is C22H25N5O2. The summed E-state index contributed by atoms with van der Waals surface area (Å²) >= 11 is 0. The Kier molecular flexibility index (Phi) is 5.42. The third kappa shape index (κ3) is 4.36. The van der Waals surface area contributed by atoms with Gasteiger partial charge in [-0.25, -0.2) is 0 Å². The topological polar surface area (TPSA) is 86.3 Å². The highest BCUT2D eigenvalue weighted by atomic mass is 16.5. The number of aryl methyl sites for hydroxylation is 2. The van der Waals surface area contributed by atoms with E-state index in [0.717, 1.165) is 42.3 Å². The molecule has 0 bridgehead atoms. The van der Waals surface area contributed by atoms with E-state index in [0.29, 0.717) is 12.2 Å². The van der Waals surface area contributed by atoms with Crippen molar-refractivity contribution in [3.63, 3.8) is 0 Å². The zero-order valence-electron chi connectivity index (χ0n) is 16.7. The number of amides is 1. The predicted octanol–water partition coefficient (Wildman–Crippen LogP) is 2.46. The smallest absolute Gasteiger partial charge is 0.248 e. The summed E-state index contributed by atoms with van der Waals surface area (Å²) in [4.78, 5) is 18.7. The molecule has 0 saturated carbocycles. The average molecular weight is 391 g/mol. The normalized spacial score (nSPS) is 17.4. The highest BCUT2D eigenvalue weighted by Crippen LogP contribution is 2.25. The van der Waals surface area contributed by atoms with Crippen LogP contribution in [-0.4, -0.2) is 45.3 Å². The molecule has 3 heterocycles. The van der Waals surface area contributed by atoms with Crippen molar-refractivity contribution in [2.45, 2.75) is 19.6 Å². The van der Waals surface area contributed by atoms with Crippen molar-refractivity contribution in [2.24, 2.45) is 12.8 Å². The van der Waals surface area contributed by atoms with Crippen molar-refractivity contribution in [1.29, 1.82) is 0 Å². The number of nitrogens with zero attached hydrogens (tertiary/aromatic N) is 4. The largest absolute Gasteiger partial charge is 0.369 e. The first-order valence-corrected chi connectivity index (χ1v) is 9.70. The zero-order chi connectivity index (χ0) is 20.4. The summed E-state index contributed by atoms with van der Waals surface area (Å²) in [5.74, 6) is -0.444. The van der Waals surface area contributed by atoms with Gasteiger partial charge >= 0.3 is 0 Å². The van der Waals surface area contributed by atoms with Crippen molar-refractivity contribution in [3.8, 4) is 11.3 Å². The van der Waals surface area contributed by atoms with E-state index in [9.17, 15) is 4.79 Å². The molecular weight excluding hydrogens is 366 g/mol. The van der Waals surface area contributed by atoms with E-state index >= 15 is 0 Å². The van der Waals surface area contributed by atoms with Crippen LogP contribution in [0.15, 0.2) is 48.7 Å². The van der Waals surface area contributed by atoms with Crippen LogP contribution in [0.2, 0.25) is 0 Å². The second-order valence-corrected chi connectivity index (χ2v) is 7.40. The van der Waals surface area contributed by atoms with Crippen LogP contribution in [0.1, 0.15) is 33.4 Å². The van der Waals surface area contributed by atoms with Crippen LogP contribution >= 0.6 is 0 Å². The van der Waals surface area contributed by atoms with Crippen molar-refractivity contribution >= 4 is 5.91 Å². The second kappa shape index (κ2) is 8.14. The molecule has 3 aromatic rings. The minimum absolute atomic E-state index is 0.0972. The fraction of sp³-hybridized carbons (Fsp3) is 0.318. The number of primary amides is 1. The molecule has 1 atom stereocenters. The molecule has 1 aliphatic rings. The van der Waals surface area contributed by atoms with E-state index in [1.807, 2.05) is 49.0 Å². The average Bonchev–Trinajstić information content (AvgIpc) is 3.05. The summed E-state index contributed by atoms with van der Waals surface area (Å²) < 4.78 is 7.88. The van der Waals surface area contributed by atoms with E-state index in [1.165, 1.54) is 5.56 Å². The lowest BCUT2D eigenvalue weighted by Crippen LogP contribution is -2.38. The first-order chi connectivity index (χ1) is 14.0. The Morgan fingerprint density at radius 3 is 2.86 bits per heavy atom. The number of hydrogen-bond acceptors (Lipinski definition) is 5. The molecule has 2 aromatic heterocycles. The van der Waals surface area contributed by atoms with Crippen molar-refractivity contribution < 1.29 is 9.53 Å². The highest BCUT2D eigenvalue weighted by Gasteiger charge is 2.24. The van der Waals surface area contributed by atoms with E-state index in [-0.39, 0.29) is 6.10 Å². The fourth-order valence-corrected chi connectivity index (χ4v) is 3.69. The van der Waals surface area contributed by atoms with Gasteiger partial charge in [0.2, 0.25) is 5.91 Å². The van der Waals surface area contributed by atoms with Crippen LogP contribution in [0.5, 0.6) is 0 Å². The molecule has 7 heteroatoms. The summed E-state index contributed by atoms with van der Waals surface area (Å²) in [6.45, 7) is 5.20. The maximum absolute atomic E-state index is 11.5. The van der Waals surface area contributed by atoms with Crippen molar-refractivity contribution in [1.82, 2.24) is 19.7 Å². The van der Waals surface area contributed by atoms with Crippen LogP contribution in [0.25, 0.3) is 11.3 Å². The van der Waals surface area contributed by atoms with Gasteiger partial charge < -0.3 is 10.5 Å². The number of carbonyl (C=O) groups is 1. The summed E-state index contributed by atoms with van der Waals surface area (Å²) in [6.07, 6.45) is 1.98. The Hall–Kier alpha value is -3.03. The Balaban J connectivity index is 1.52. The molecule has 1 saturated heterocycles. The van der Waals surface area contributed by atoms with Gasteiger partial charge in [-0.05, 0) is 31.2 Å². The number of carbonyl (C=O) groups excluding carboxylic acids is 1. The Labute approximate surface area is 170 Å². The zero-order valence-corrected chi connectivity index (χ0v) is 16.7. The van der Waals surface area contributed by atoms with Gasteiger partial charge in [-0.2, -0.15) is 5.10 Å². The van der Waals surface area contributed by atoms with Crippen LogP contribution < -0.4 is 5.73 Å². The first-order valence-electron chi connectivity index (χ1n) is 9.70. The molecule has 1 fully saturated rings. The van der Waals surface area contributed by atoms with Gasteiger partial charge in [-0.3, -0.25) is 19.4 Å². The van der Waals surface area contributed by atoms with Gasteiger partial charge in [-0.15, -0.1) is 0 Å². The van der Waals surface area contributed by atoms with E-state index < -0.39 is 5.91 Å². The maximum atomic E-state index is 11.5. The predicted molar refractivity (Wildman–Crippen MR) is 110 cm³/mol. The summed E-state index contributed by atoms with van der Waals surface area (Å²) in [6, 6.07) is 13.1. The molecule has 29 heavy (non-hydrogen) atoms. The lowest BCUT2D eigenvalue weighted by atomic mass is 10.1. The minimum atomic E-state index is -0.444. The van der Waals surface area contributed by atoms with Crippen LogP contribution in [-0.2, 0) is 18.3 Å². The maximum Gasteiger partial charge on any atom is 0.248 e. The van der Waals surface area contributed by atoms with Gasteiger partial charge in [0.1, 0.15) is 6.10 Å². The number of nitrogens with two attached hydrogens (primary N) is 1. The van der Waals surface area contributed by atoms with Crippen molar-refractivity contribution in [2.75, 3.05) is 19.7 Å². The lowest BCUT2D eigenvalue weighted by molar-refractivity contribution is -0.0350. The number of hydrogen-bond donors (Lipinski definition) is 1. The summed E-state index contributed by atoms with van der Waals surface area (Å²) in [5, 5.41) is 4.43. The van der Waals surface area contributed by atoms with Crippen molar-refractivity contribution in [3.05, 3.63) is 71.2 Å². The highest BCUT2D eigenvalue weighted by molar-refractivity contribution is 5.93. The number of morpholine rings is 1. The molecule has 0 radical (unpaired) electrons. The van der Waals surface area contributed by atoms with Gasteiger partial charge in [0, 0.05) is 49.6 Å². The molecule has 1 unspecified atom stereocenters. The Morgan fingerprint density at radius 1 is 1.28 bits per heavy atom. The SMILES string of the molecule is Cc1nn(C)cc1CN1CCOC(c2cccc(-c3cccc(C(N)=O)c3)n2)C1. The molecule has 1 aliphatic heterocycles. The molecule has 0 aliphatic carbocycles. The fourth-order valence-electron chi connectivity index (χ4n) is 3.69. The van der Waals surface area contributed by atoms with Crippen LogP contribution in [0, 0.1) is 6.92 Å². The first kappa shape index (κ1) is 19.3. The third-order valence-corrected chi connectivity index (χ3v) is 5.20. The van der Waals surface area contributed by atoms with Gasteiger partial charge in [0.05, 0.1) is 23.7 Å². The minimum Gasteiger partial charge on any atom is -0.369 e. The third-order valence-electron chi connectivity index (χ3n) is 5.20. The lowest BCUT2D eigenvalue weighted by Gasteiger charge is -2.32. The van der Waals surface area contributed by atoms with Gasteiger partial charge in [-0.1, -0.05) is 18.2 Å². The number of pyridine rings is 1. The molecule has 4 rings (SSSR count). The van der Waals surface area contributed by atoms with E-state index in [1.54, 1.807) is 12.1 Å². The molecule has 0 spiro atoms. The number of ether oxygens (including phenoxy) is 1. The summed E-state index contributed by atoms with van der Waals surface area (Å²) in [5.41, 5.74) is 10.7. The molecule has 1 amide bonds. The second-order valence-electron chi connectivity index (χ2n) is 7.40. The molecule has 2 N–H and O–H groups in total. The van der Waals surface area contributed by atoms with Gasteiger partial charge in [0.25, 0.3) is 0 Å². The number of benzene rings is 1. The van der Waals surface area contributed by atoms with E-state index in [2.05, 4.69) is 16.2 Å². The van der Waals surface area contributed by atoms with Crippen LogP contribution in [0.4, 0.5) is 0 Å². The monoisotopic (exact) mass is 391 g/mol. The van der Waals surface area contributed by atoms with E-state index in [4.69, 9.17) is 15.5 Å². The Bertz CT molecular complexity index is 1030. The van der Waals surface area contributed by atoms with Crippen LogP contribution in [0.3, 0.4) is 0 Å². The molecule has 150 valence electrons. The summed E-state index contributed by atoms with van der Waals surface area (Å²) in [7, 11) is 1.95. The number of aromatic nitrogens is 3. The Morgan fingerprint density at radius 2 is 2.10 bits per heavy atom. The molecule has 1 aromatic carbocycles. The quantitative estimate of drug-likeness (QED) is 0.722. The standard InChI is InChI=1S/C22H25N5O2/c1-15-18(12-26(2)25-15)13-27-9-10-29-21(14-27)20-8-4-7-19(24-20)16-5-3-6-17(11-16)22(23)28/h3-8,11-12,21H,9-10,13-14H2,1-2H3,(H2,23,28).